The number of alkyl halides is 3. The molecule has 220 valence electrons. The molecule has 9 nitrogen and oxygen atoms in total. The van der Waals surface area contributed by atoms with E-state index in [1.165, 1.54) is 31.3 Å². The van der Waals surface area contributed by atoms with Crippen LogP contribution in [0.15, 0.2) is 60.4 Å². The molecule has 2 amide bonds. The number of nitrogens with one attached hydrogen (secondary N) is 1. The molecule has 2 aliphatic rings. The fourth-order valence-electron chi connectivity index (χ4n) is 4.87. The molecule has 2 aromatic carbocycles. The number of benzene rings is 2. The standard InChI is InChI=1S/C30H32F3N7O2/c1-6-38(18(3)34-4)26-11-8-19(14-25(26)30(31,32)33)20-12-23(15-24(13-20)42-5)40-17-21-16-35-28(36-22-9-10-22)37-27(21)39(7-2)29(40)41/h6,8,11-16,22H,1,7,9-10,17H2,2-5H3,(H,35,36,37). The second-order valence-corrected chi connectivity index (χ2v) is 10.0. The Morgan fingerprint density at radius 1 is 1.24 bits per heavy atom. The van der Waals surface area contributed by atoms with Gasteiger partial charge in [0.15, 0.2) is 0 Å². The van der Waals surface area contributed by atoms with E-state index in [-0.39, 0.29) is 18.3 Å². The summed E-state index contributed by atoms with van der Waals surface area (Å²) in [6.07, 6.45) is 0.482. The molecule has 0 unspecified atom stereocenters. The van der Waals surface area contributed by atoms with Crippen molar-refractivity contribution in [3.05, 3.63) is 66.5 Å². The van der Waals surface area contributed by atoms with E-state index in [1.807, 2.05) is 6.92 Å². The van der Waals surface area contributed by atoms with Crippen LogP contribution in [0.2, 0.25) is 0 Å². The fourth-order valence-corrected chi connectivity index (χ4v) is 4.87. The summed E-state index contributed by atoms with van der Waals surface area (Å²) in [5, 5.41) is 3.26. The summed E-state index contributed by atoms with van der Waals surface area (Å²) in [7, 11) is 2.97. The molecule has 1 saturated carbocycles. The van der Waals surface area contributed by atoms with Crippen LogP contribution >= 0.6 is 0 Å². The topological polar surface area (TPSA) is 86.2 Å². The van der Waals surface area contributed by atoms with Crippen LogP contribution in [0, 0.1) is 0 Å². The molecule has 12 heteroatoms. The zero-order valence-electron chi connectivity index (χ0n) is 23.9. The van der Waals surface area contributed by atoms with Gasteiger partial charge < -0.3 is 15.0 Å². The Kier molecular flexibility index (Phi) is 7.81. The molecule has 0 radical (unpaired) electrons. The third kappa shape index (κ3) is 5.61. The number of nitrogens with zero attached hydrogens (tertiary/aromatic N) is 6. The average Bonchev–Trinajstić information content (AvgIpc) is 3.80. The predicted octanol–water partition coefficient (Wildman–Crippen LogP) is 6.71. The van der Waals surface area contributed by atoms with E-state index in [1.54, 1.807) is 47.2 Å². The van der Waals surface area contributed by atoms with Gasteiger partial charge in [0.2, 0.25) is 5.95 Å². The van der Waals surface area contributed by atoms with Crippen LogP contribution in [0.5, 0.6) is 5.75 Å². The Labute approximate surface area is 242 Å². The van der Waals surface area contributed by atoms with Gasteiger partial charge in [0.25, 0.3) is 0 Å². The van der Waals surface area contributed by atoms with E-state index in [2.05, 4.69) is 26.9 Å². The SMILES string of the molecule is C=CN(C(C)=NC)c1ccc(-c2cc(OC)cc(N3Cc4cnc(NC5CC5)nc4N(CC)C3=O)c2)cc1C(F)(F)F. The smallest absolute Gasteiger partial charge is 0.418 e. The van der Waals surface area contributed by atoms with E-state index < -0.39 is 11.7 Å². The number of hydrogen-bond donors (Lipinski definition) is 1. The lowest BCUT2D eigenvalue weighted by molar-refractivity contribution is -0.137. The molecule has 3 aromatic rings. The zero-order chi connectivity index (χ0) is 30.2. The lowest BCUT2D eigenvalue weighted by atomic mass is 9.99. The van der Waals surface area contributed by atoms with Gasteiger partial charge in [-0.3, -0.25) is 14.8 Å². The summed E-state index contributed by atoms with van der Waals surface area (Å²) < 4.78 is 48.4. The number of carbonyl (C=O) groups is 1. The van der Waals surface area contributed by atoms with Crippen molar-refractivity contribution < 1.29 is 22.7 Å². The quantitative estimate of drug-likeness (QED) is 0.236. The maximum atomic E-state index is 14.3. The minimum Gasteiger partial charge on any atom is -0.497 e. The number of anilines is 4. The van der Waals surface area contributed by atoms with Gasteiger partial charge >= 0.3 is 12.2 Å². The van der Waals surface area contributed by atoms with Crippen molar-refractivity contribution in [2.45, 2.75) is 45.5 Å². The maximum Gasteiger partial charge on any atom is 0.418 e. The second kappa shape index (κ2) is 11.3. The summed E-state index contributed by atoms with van der Waals surface area (Å²) >= 11 is 0. The number of carbonyl (C=O) groups excluding carboxylic acids is 1. The Hall–Kier alpha value is -4.61. The number of aromatic nitrogens is 2. The van der Waals surface area contributed by atoms with E-state index in [4.69, 9.17) is 4.74 Å². The minimum atomic E-state index is -4.65. The normalized spacial score (nSPS) is 15.4. The third-order valence-electron chi connectivity index (χ3n) is 7.30. The lowest BCUT2D eigenvalue weighted by Crippen LogP contribution is -2.48. The van der Waals surface area contributed by atoms with Crippen LogP contribution in [-0.4, -0.2) is 48.6 Å². The van der Waals surface area contributed by atoms with Gasteiger partial charge in [-0.05, 0) is 62.1 Å². The molecule has 0 atom stereocenters. The summed E-state index contributed by atoms with van der Waals surface area (Å²) in [5.41, 5.74) is 1.04. The maximum absolute atomic E-state index is 14.3. The number of fused-ring (bicyclic) bond motifs is 1. The Morgan fingerprint density at radius 3 is 2.62 bits per heavy atom. The highest BCUT2D eigenvalue weighted by molar-refractivity contribution is 6.06. The van der Waals surface area contributed by atoms with Crippen LogP contribution in [-0.2, 0) is 12.7 Å². The molecule has 2 heterocycles. The lowest BCUT2D eigenvalue weighted by Gasteiger charge is -2.36. The van der Waals surface area contributed by atoms with Gasteiger partial charge in [-0.2, -0.15) is 18.2 Å². The van der Waals surface area contributed by atoms with Crippen LogP contribution in [0.1, 0.15) is 37.8 Å². The number of rotatable bonds is 8. The molecule has 1 aliphatic carbocycles. The highest BCUT2D eigenvalue weighted by Crippen LogP contribution is 2.41. The van der Waals surface area contributed by atoms with Crippen molar-refractivity contribution in [1.29, 1.82) is 0 Å². The molecule has 5 rings (SSSR count). The Bertz CT molecular complexity index is 1550. The van der Waals surface area contributed by atoms with Gasteiger partial charge in [0.1, 0.15) is 17.4 Å². The Morgan fingerprint density at radius 2 is 2.00 bits per heavy atom. The fraction of sp³-hybridized carbons (Fsp3) is 0.333. The molecule has 0 bridgehead atoms. The van der Waals surface area contributed by atoms with Gasteiger partial charge in [-0.1, -0.05) is 12.6 Å². The molecule has 0 saturated heterocycles. The second-order valence-electron chi connectivity index (χ2n) is 10.0. The molecule has 42 heavy (non-hydrogen) atoms. The molecular formula is C30H32F3N7O2. The Balaban J connectivity index is 1.56. The molecule has 1 aromatic heterocycles. The molecular weight excluding hydrogens is 547 g/mol. The highest BCUT2D eigenvalue weighted by Gasteiger charge is 2.36. The van der Waals surface area contributed by atoms with Crippen LogP contribution < -0.4 is 24.8 Å². The van der Waals surface area contributed by atoms with E-state index in [9.17, 15) is 18.0 Å². The predicted molar refractivity (Wildman–Crippen MR) is 158 cm³/mol. The highest BCUT2D eigenvalue weighted by atomic mass is 19.4. The van der Waals surface area contributed by atoms with Crippen LogP contribution in [0.25, 0.3) is 11.1 Å². The molecule has 1 aliphatic heterocycles. The first-order valence-electron chi connectivity index (χ1n) is 13.5. The first-order chi connectivity index (χ1) is 20.1. The number of amidine groups is 1. The molecule has 0 spiro atoms. The molecule has 1 fully saturated rings. The van der Waals surface area contributed by atoms with Crippen LogP contribution in [0.4, 0.5) is 41.1 Å². The van der Waals surface area contributed by atoms with Gasteiger partial charge in [-0.25, -0.2) is 9.78 Å². The first kappa shape index (κ1) is 28.9. The van der Waals surface area contributed by atoms with Crippen molar-refractivity contribution >= 4 is 35.0 Å². The number of aliphatic imine (C=N–C) groups is 1. The van der Waals surface area contributed by atoms with Crippen molar-refractivity contribution in [3.8, 4) is 16.9 Å². The van der Waals surface area contributed by atoms with E-state index in [0.29, 0.717) is 52.8 Å². The number of hydrogen-bond acceptors (Lipinski definition) is 6. The minimum absolute atomic E-state index is 0.0931. The molecule has 1 N–H and O–H groups in total. The number of amides is 2. The van der Waals surface area contributed by atoms with Gasteiger partial charge in [0, 0.05) is 43.7 Å². The van der Waals surface area contributed by atoms with Crippen LogP contribution in [0.3, 0.4) is 0 Å². The largest absolute Gasteiger partial charge is 0.497 e. The number of halogens is 3. The first-order valence-corrected chi connectivity index (χ1v) is 13.5. The van der Waals surface area contributed by atoms with Crippen molar-refractivity contribution in [2.75, 3.05) is 40.7 Å². The summed E-state index contributed by atoms with van der Waals surface area (Å²) in [4.78, 5) is 31.2. The summed E-state index contributed by atoms with van der Waals surface area (Å²) in [6.45, 7) is 7.68. The van der Waals surface area contributed by atoms with Crippen molar-refractivity contribution in [1.82, 2.24) is 9.97 Å². The zero-order valence-corrected chi connectivity index (χ0v) is 23.9. The number of urea groups is 1. The summed E-state index contributed by atoms with van der Waals surface area (Å²) in [6, 6.07) is 9.13. The van der Waals surface area contributed by atoms with E-state index in [0.717, 1.165) is 24.5 Å². The van der Waals surface area contributed by atoms with E-state index >= 15 is 0 Å². The monoisotopic (exact) mass is 579 g/mol. The number of ether oxygens (including phenoxy) is 1. The van der Waals surface area contributed by atoms with Crippen molar-refractivity contribution in [3.63, 3.8) is 0 Å². The van der Waals surface area contributed by atoms with Gasteiger partial charge in [-0.15, -0.1) is 0 Å². The third-order valence-corrected chi connectivity index (χ3v) is 7.30. The summed E-state index contributed by atoms with van der Waals surface area (Å²) in [5.74, 6) is 1.78. The van der Waals surface area contributed by atoms with Crippen molar-refractivity contribution in [2.24, 2.45) is 4.99 Å². The number of methoxy groups -OCH3 is 1. The van der Waals surface area contributed by atoms with Gasteiger partial charge in [0.05, 0.1) is 30.6 Å². The average molecular weight is 580 g/mol.